The summed E-state index contributed by atoms with van der Waals surface area (Å²) in [5.41, 5.74) is 1.20. The number of hydrogen-bond acceptors (Lipinski definition) is 4. The second-order valence-corrected chi connectivity index (χ2v) is 7.98. The molecule has 0 saturated carbocycles. The lowest BCUT2D eigenvalue weighted by Gasteiger charge is -2.26. The van der Waals surface area contributed by atoms with E-state index in [1.807, 2.05) is 32.3 Å². The lowest BCUT2D eigenvalue weighted by atomic mass is 10.1. The van der Waals surface area contributed by atoms with Gasteiger partial charge >= 0.3 is 0 Å². The Labute approximate surface area is 181 Å². The number of carbonyl (C=O) groups is 1. The van der Waals surface area contributed by atoms with E-state index < -0.39 is 0 Å². The van der Waals surface area contributed by atoms with Gasteiger partial charge < -0.3 is 20.3 Å². The molecule has 1 aromatic carbocycles. The van der Waals surface area contributed by atoms with E-state index in [1.165, 1.54) is 5.56 Å². The molecule has 0 radical (unpaired) electrons. The summed E-state index contributed by atoms with van der Waals surface area (Å²) < 4.78 is 5.91. The number of aliphatic imine (C=N–C) groups is 1. The van der Waals surface area contributed by atoms with Crippen LogP contribution in [0.1, 0.15) is 44.3 Å². The zero-order chi connectivity index (χ0) is 21.8. The third-order valence-corrected chi connectivity index (χ3v) is 5.48. The van der Waals surface area contributed by atoms with E-state index in [0.717, 1.165) is 57.8 Å². The van der Waals surface area contributed by atoms with Crippen molar-refractivity contribution in [1.29, 1.82) is 0 Å². The minimum Gasteiger partial charge on any atom is -0.374 e. The Balaban J connectivity index is 1.56. The highest BCUT2D eigenvalue weighted by Crippen LogP contribution is 2.18. The number of nitrogens with zero attached hydrogens (tertiary/aromatic N) is 3. The average molecular weight is 418 g/mol. The van der Waals surface area contributed by atoms with Gasteiger partial charge in [0.1, 0.15) is 0 Å². The summed E-state index contributed by atoms with van der Waals surface area (Å²) in [6.07, 6.45) is 4.08. The maximum absolute atomic E-state index is 12.3. The van der Waals surface area contributed by atoms with E-state index >= 15 is 0 Å². The van der Waals surface area contributed by atoms with E-state index in [0.29, 0.717) is 6.61 Å². The molecule has 2 atom stereocenters. The lowest BCUT2D eigenvalue weighted by Crippen LogP contribution is -2.44. The maximum atomic E-state index is 12.3. The summed E-state index contributed by atoms with van der Waals surface area (Å²) in [5, 5.41) is 6.70. The Morgan fingerprint density at radius 2 is 1.93 bits per heavy atom. The molecule has 0 spiro atoms. The van der Waals surface area contributed by atoms with Crippen LogP contribution >= 0.6 is 0 Å². The van der Waals surface area contributed by atoms with Gasteiger partial charge in [-0.3, -0.25) is 14.7 Å². The van der Waals surface area contributed by atoms with Gasteiger partial charge in [0.05, 0.1) is 12.1 Å². The number of benzene rings is 1. The minimum atomic E-state index is 0.0516. The summed E-state index contributed by atoms with van der Waals surface area (Å²) >= 11 is 0. The van der Waals surface area contributed by atoms with Crippen LogP contribution in [0, 0.1) is 0 Å². The van der Waals surface area contributed by atoms with Crippen molar-refractivity contribution in [3.63, 3.8) is 0 Å². The average Bonchev–Trinajstić information content (AvgIpc) is 3.23. The van der Waals surface area contributed by atoms with Crippen molar-refractivity contribution in [1.82, 2.24) is 20.4 Å². The highest BCUT2D eigenvalue weighted by molar-refractivity contribution is 5.81. The smallest absolute Gasteiger partial charge is 0.239 e. The van der Waals surface area contributed by atoms with Crippen LogP contribution in [0.2, 0.25) is 0 Å². The van der Waals surface area contributed by atoms with Gasteiger partial charge in [-0.05, 0) is 44.7 Å². The summed E-state index contributed by atoms with van der Waals surface area (Å²) in [6, 6.07) is 10.3. The Kier molecular flexibility index (Phi) is 10.7. The van der Waals surface area contributed by atoms with Gasteiger partial charge in [0.15, 0.2) is 5.96 Å². The molecule has 1 amide bonds. The van der Waals surface area contributed by atoms with E-state index in [9.17, 15) is 4.79 Å². The number of rotatable bonds is 11. The molecule has 1 saturated heterocycles. The van der Waals surface area contributed by atoms with Crippen molar-refractivity contribution in [2.45, 2.75) is 44.8 Å². The Morgan fingerprint density at radius 3 is 2.60 bits per heavy atom. The fourth-order valence-corrected chi connectivity index (χ4v) is 3.74. The first-order valence-electron chi connectivity index (χ1n) is 11.1. The molecule has 0 bridgehead atoms. The highest BCUT2D eigenvalue weighted by Gasteiger charge is 2.30. The zero-order valence-electron chi connectivity index (χ0n) is 19.1. The van der Waals surface area contributed by atoms with Crippen molar-refractivity contribution in [2.75, 3.05) is 53.9 Å². The number of hydrogen-bond donors (Lipinski definition) is 2. The number of amides is 1. The SMILES string of the molecule is CN=C(NCCCOC(C)c1ccccc1)NCCCN1CCCC1C(=O)N(C)C. The fraction of sp³-hybridized carbons (Fsp3) is 0.652. The summed E-state index contributed by atoms with van der Waals surface area (Å²) in [6.45, 7) is 6.38. The monoisotopic (exact) mass is 417 g/mol. The number of guanidine groups is 1. The van der Waals surface area contributed by atoms with Gasteiger partial charge in [-0.2, -0.15) is 0 Å². The number of carbonyl (C=O) groups excluding carboxylic acids is 1. The maximum Gasteiger partial charge on any atom is 0.239 e. The van der Waals surface area contributed by atoms with Crippen molar-refractivity contribution in [2.24, 2.45) is 4.99 Å². The van der Waals surface area contributed by atoms with E-state index in [4.69, 9.17) is 4.74 Å². The molecule has 1 aromatic rings. The number of ether oxygens (including phenoxy) is 1. The number of likely N-dealkylation sites (tertiary alicyclic amines) is 1. The third-order valence-electron chi connectivity index (χ3n) is 5.48. The normalized spacial score (nSPS) is 18.3. The first kappa shape index (κ1) is 24.2. The summed E-state index contributed by atoms with van der Waals surface area (Å²) in [7, 11) is 5.46. The molecule has 1 heterocycles. The van der Waals surface area contributed by atoms with Crippen molar-refractivity contribution >= 4 is 11.9 Å². The standard InChI is InChI=1S/C23H39N5O2/c1-19(20-11-6-5-7-12-20)30-18-10-15-26-23(24-2)25-14-9-17-28-16-8-13-21(28)22(29)27(3)4/h5-7,11-12,19,21H,8-10,13-18H2,1-4H3,(H2,24,25,26). The Bertz CT molecular complexity index is 650. The molecule has 2 N–H and O–H groups in total. The van der Waals surface area contributed by atoms with Crippen LogP contribution in [0.25, 0.3) is 0 Å². The van der Waals surface area contributed by atoms with E-state index in [2.05, 4.69) is 39.6 Å². The second kappa shape index (κ2) is 13.2. The number of likely N-dealkylation sites (N-methyl/N-ethyl adjacent to an activating group) is 1. The van der Waals surface area contributed by atoms with E-state index in [1.54, 1.807) is 11.9 Å². The van der Waals surface area contributed by atoms with Crippen LogP contribution in [0.5, 0.6) is 0 Å². The fourth-order valence-electron chi connectivity index (χ4n) is 3.74. The van der Waals surface area contributed by atoms with Gasteiger partial charge in [0.2, 0.25) is 5.91 Å². The van der Waals surface area contributed by atoms with E-state index in [-0.39, 0.29) is 18.1 Å². The first-order valence-corrected chi connectivity index (χ1v) is 11.1. The molecular weight excluding hydrogens is 378 g/mol. The predicted molar refractivity (Wildman–Crippen MR) is 123 cm³/mol. The van der Waals surface area contributed by atoms with Gasteiger partial charge in [-0.1, -0.05) is 30.3 Å². The van der Waals surface area contributed by atoms with Crippen molar-refractivity contribution in [3.05, 3.63) is 35.9 Å². The van der Waals surface area contributed by atoms with Gasteiger partial charge in [-0.25, -0.2) is 0 Å². The zero-order valence-corrected chi connectivity index (χ0v) is 19.1. The minimum absolute atomic E-state index is 0.0516. The molecule has 0 aliphatic carbocycles. The topological polar surface area (TPSA) is 69.2 Å². The predicted octanol–water partition coefficient (Wildman–Crippen LogP) is 2.26. The van der Waals surface area contributed by atoms with Crippen LogP contribution in [-0.4, -0.2) is 81.6 Å². The van der Waals surface area contributed by atoms with Crippen LogP contribution in [-0.2, 0) is 9.53 Å². The van der Waals surface area contributed by atoms with Gasteiger partial charge in [0, 0.05) is 47.4 Å². The largest absolute Gasteiger partial charge is 0.374 e. The molecule has 7 heteroatoms. The molecule has 1 aliphatic rings. The molecule has 7 nitrogen and oxygen atoms in total. The van der Waals surface area contributed by atoms with Crippen molar-refractivity contribution in [3.8, 4) is 0 Å². The summed E-state index contributed by atoms with van der Waals surface area (Å²) in [4.78, 5) is 20.6. The lowest BCUT2D eigenvalue weighted by molar-refractivity contribution is -0.133. The second-order valence-electron chi connectivity index (χ2n) is 7.98. The van der Waals surface area contributed by atoms with Crippen LogP contribution in [0.4, 0.5) is 0 Å². The molecule has 168 valence electrons. The molecule has 1 aliphatic heterocycles. The van der Waals surface area contributed by atoms with Crippen LogP contribution in [0.3, 0.4) is 0 Å². The quantitative estimate of drug-likeness (QED) is 0.328. The Morgan fingerprint density at radius 1 is 1.23 bits per heavy atom. The molecule has 1 fully saturated rings. The number of nitrogens with one attached hydrogen (secondary N) is 2. The molecular formula is C23H39N5O2. The first-order chi connectivity index (χ1) is 14.5. The van der Waals surface area contributed by atoms with Gasteiger partial charge in [-0.15, -0.1) is 0 Å². The third kappa shape index (κ3) is 7.95. The van der Waals surface area contributed by atoms with Crippen molar-refractivity contribution < 1.29 is 9.53 Å². The Hall–Kier alpha value is -2.12. The molecule has 2 rings (SSSR count). The molecule has 30 heavy (non-hydrogen) atoms. The summed E-state index contributed by atoms with van der Waals surface area (Å²) in [5.74, 6) is 1.04. The van der Waals surface area contributed by atoms with Crippen LogP contribution in [0.15, 0.2) is 35.3 Å². The molecule has 0 aromatic heterocycles. The highest BCUT2D eigenvalue weighted by atomic mass is 16.5. The molecule has 2 unspecified atom stereocenters. The van der Waals surface area contributed by atoms with Gasteiger partial charge in [0.25, 0.3) is 0 Å². The van der Waals surface area contributed by atoms with Crippen LogP contribution < -0.4 is 10.6 Å².